The van der Waals surface area contributed by atoms with E-state index in [9.17, 15) is 48.3 Å². The number of benzene rings is 2. The number of ether oxygens (including phenoxy) is 2. The molecular formula is C53H70N8O13. The minimum atomic E-state index is -1.87. The van der Waals surface area contributed by atoms with E-state index in [4.69, 9.17) is 19.6 Å². The first kappa shape index (κ1) is 57.5. The summed E-state index contributed by atoms with van der Waals surface area (Å²) < 4.78 is 18.0. The number of carboxylic acid groups (broad SMARTS) is 1. The van der Waals surface area contributed by atoms with Crippen molar-refractivity contribution < 1.29 is 62.1 Å². The third-order valence-corrected chi connectivity index (χ3v) is 13.7. The van der Waals surface area contributed by atoms with Gasteiger partial charge in [0.1, 0.15) is 48.3 Å². The van der Waals surface area contributed by atoms with Crippen LogP contribution in [0.4, 0.5) is 0 Å². The lowest BCUT2D eigenvalue weighted by atomic mass is 9.93. The number of nitrogens with two attached hydrogens (primary N) is 1. The number of likely N-dealkylation sites (N-methyl/N-ethyl adjacent to an activating group) is 2. The van der Waals surface area contributed by atoms with Crippen molar-refractivity contribution in [1.82, 2.24) is 35.6 Å². The monoisotopic (exact) mass is 1030 g/mol. The molecule has 2 aliphatic heterocycles. The van der Waals surface area contributed by atoms with Crippen molar-refractivity contribution in [2.24, 2.45) is 23.5 Å². The highest BCUT2D eigenvalue weighted by atomic mass is 16.6. The van der Waals surface area contributed by atoms with Gasteiger partial charge in [-0.1, -0.05) is 114 Å². The zero-order valence-corrected chi connectivity index (χ0v) is 43.4. The van der Waals surface area contributed by atoms with Crippen LogP contribution in [0.3, 0.4) is 0 Å². The molecule has 2 fully saturated rings. The number of aromatic nitrogens is 1. The van der Waals surface area contributed by atoms with Gasteiger partial charge in [-0.2, -0.15) is 0 Å². The molecule has 0 spiro atoms. The SMILES string of the molecule is CCC(C)C1C(=O)NC(CC(N)=O)C(=O)N2CCCC2C(=O)NC(C(OC)c2ccccc2)C(=O)OC(c2coc(C(C)C=Cc3ccccc3)n2)C(C)C(=O)NC(C(=O)O)CC(=O)N(C)C(C(C)C)C(=O)N1C. The van der Waals surface area contributed by atoms with E-state index in [1.165, 1.54) is 39.3 Å². The summed E-state index contributed by atoms with van der Waals surface area (Å²) in [5.74, 6) is -11.6. The van der Waals surface area contributed by atoms with Gasteiger partial charge in [0.2, 0.25) is 47.2 Å². The molecule has 0 saturated carbocycles. The summed E-state index contributed by atoms with van der Waals surface area (Å²) in [6, 6.07) is 8.86. The number of oxazole rings is 1. The second-order valence-corrected chi connectivity index (χ2v) is 19.4. The average molecular weight is 1030 g/mol. The number of carbonyl (C=O) groups is 9. The number of nitrogens with zero attached hydrogens (tertiary/aromatic N) is 4. The molecule has 74 heavy (non-hydrogen) atoms. The van der Waals surface area contributed by atoms with Crippen molar-refractivity contribution in [2.75, 3.05) is 27.7 Å². The number of carbonyl (C=O) groups excluding carboxylic acids is 8. The topological polar surface area (TPSA) is 290 Å². The lowest BCUT2D eigenvalue weighted by Gasteiger charge is -2.38. The number of nitrogens with one attached hydrogen (secondary N) is 3. The molecule has 400 valence electrons. The maximum Gasteiger partial charge on any atom is 0.332 e. The Bertz CT molecular complexity index is 2520. The van der Waals surface area contributed by atoms with E-state index in [2.05, 4.69) is 20.9 Å². The number of carboxylic acids is 1. The number of cyclic esters (lactones) is 1. The second kappa shape index (κ2) is 26.0. The normalized spacial score (nSPS) is 25.7. The summed E-state index contributed by atoms with van der Waals surface area (Å²) in [5.41, 5.74) is 6.90. The highest BCUT2D eigenvalue weighted by molar-refractivity contribution is 5.98. The fraction of sp³-hybridized carbons (Fsp3) is 0.509. The molecule has 2 aromatic carbocycles. The van der Waals surface area contributed by atoms with Gasteiger partial charge in [0.15, 0.2) is 12.1 Å². The third-order valence-electron chi connectivity index (χ3n) is 13.7. The number of fused-ring (bicyclic) bond motifs is 1. The first-order valence-corrected chi connectivity index (χ1v) is 24.8. The molecule has 3 heterocycles. The number of primary amides is 1. The molecule has 3 aromatic rings. The number of rotatable bonds is 13. The maximum atomic E-state index is 14.9. The summed E-state index contributed by atoms with van der Waals surface area (Å²) >= 11 is 0. The number of esters is 1. The van der Waals surface area contributed by atoms with Crippen molar-refractivity contribution >= 4 is 59.4 Å². The van der Waals surface area contributed by atoms with E-state index in [1.807, 2.05) is 42.5 Å². The van der Waals surface area contributed by atoms with Crippen molar-refractivity contribution in [3.8, 4) is 0 Å². The van der Waals surface area contributed by atoms with Crippen LogP contribution in [0.25, 0.3) is 6.08 Å². The van der Waals surface area contributed by atoms with Gasteiger partial charge in [-0.15, -0.1) is 0 Å². The minimum Gasteiger partial charge on any atom is -0.480 e. The number of allylic oxidation sites excluding steroid dienone is 1. The fourth-order valence-electron chi connectivity index (χ4n) is 9.33. The Hall–Kier alpha value is -7.42. The Morgan fingerprint density at radius 3 is 2.12 bits per heavy atom. The fourth-order valence-corrected chi connectivity index (χ4v) is 9.33. The van der Waals surface area contributed by atoms with Gasteiger partial charge < -0.3 is 55.4 Å². The van der Waals surface area contributed by atoms with E-state index >= 15 is 0 Å². The molecule has 11 atom stereocenters. The molecular weight excluding hydrogens is 957 g/mol. The van der Waals surface area contributed by atoms with Gasteiger partial charge in [0, 0.05) is 27.7 Å². The van der Waals surface area contributed by atoms with Crippen LogP contribution in [-0.2, 0) is 52.6 Å². The van der Waals surface area contributed by atoms with Crippen LogP contribution in [0.5, 0.6) is 0 Å². The van der Waals surface area contributed by atoms with Gasteiger partial charge in [0.05, 0.1) is 24.7 Å². The van der Waals surface area contributed by atoms with Crippen molar-refractivity contribution in [3.63, 3.8) is 0 Å². The van der Waals surface area contributed by atoms with Gasteiger partial charge in [-0.3, -0.25) is 33.6 Å². The van der Waals surface area contributed by atoms with Crippen molar-refractivity contribution in [1.29, 1.82) is 0 Å². The van der Waals surface area contributed by atoms with Gasteiger partial charge in [0.25, 0.3) is 0 Å². The predicted octanol–water partition coefficient (Wildman–Crippen LogP) is 3.26. The predicted molar refractivity (Wildman–Crippen MR) is 269 cm³/mol. The lowest BCUT2D eigenvalue weighted by molar-refractivity contribution is -0.163. The Kier molecular flexibility index (Phi) is 20.2. The van der Waals surface area contributed by atoms with Crippen molar-refractivity contribution in [3.05, 3.63) is 95.7 Å². The quantitative estimate of drug-likeness (QED) is 0.154. The van der Waals surface area contributed by atoms with Crippen LogP contribution in [-0.4, -0.2) is 142 Å². The summed E-state index contributed by atoms with van der Waals surface area (Å²) in [6.45, 7) is 9.96. The largest absolute Gasteiger partial charge is 0.480 e. The van der Waals surface area contributed by atoms with E-state index in [0.717, 1.165) is 15.4 Å². The van der Waals surface area contributed by atoms with E-state index in [0.29, 0.717) is 18.4 Å². The summed E-state index contributed by atoms with van der Waals surface area (Å²) in [5, 5.41) is 18.2. The Labute approximate surface area is 430 Å². The molecule has 21 nitrogen and oxygen atoms in total. The molecule has 7 amide bonds. The molecule has 0 aliphatic carbocycles. The first-order chi connectivity index (χ1) is 35.1. The smallest absolute Gasteiger partial charge is 0.332 e. The lowest BCUT2D eigenvalue weighted by Crippen LogP contribution is -2.61. The number of hydrogen-bond donors (Lipinski definition) is 5. The summed E-state index contributed by atoms with van der Waals surface area (Å²) in [4.78, 5) is 135. The third kappa shape index (κ3) is 14.0. The minimum absolute atomic E-state index is 0.00661. The Morgan fingerprint density at radius 1 is 0.878 bits per heavy atom. The zero-order chi connectivity index (χ0) is 54.6. The number of methoxy groups -OCH3 is 1. The molecule has 11 unspecified atom stereocenters. The zero-order valence-electron chi connectivity index (χ0n) is 43.4. The molecule has 1 aromatic heterocycles. The van der Waals surface area contributed by atoms with Crippen LogP contribution in [0.1, 0.15) is 114 Å². The van der Waals surface area contributed by atoms with Gasteiger partial charge in [-0.05, 0) is 42.7 Å². The number of hydrogen-bond acceptors (Lipinski definition) is 13. The van der Waals surface area contributed by atoms with Crippen LogP contribution < -0.4 is 21.7 Å². The summed E-state index contributed by atoms with van der Waals surface area (Å²) in [7, 11) is 3.97. The maximum absolute atomic E-state index is 14.9. The molecule has 0 radical (unpaired) electrons. The van der Waals surface area contributed by atoms with Crippen LogP contribution in [0.15, 0.2) is 77.4 Å². The van der Waals surface area contributed by atoms with Crippen LogP contribution in [0.2, 0.25) is 0 Å². The van der Waals surface area contributed by atoms with E-state index < -0.39 is 138 Å². The number of aliphatic carboxylic acids is 1. The molecule has 2 saturated heterocycles. The molecule has 21 heteroatoms. The Balaban J connectivity index is 1.66. The van der Waals surface area contributed by atoms with Crippen LogP contribution in [0, 0.1) is 17.8 Å². The second-order valence-electron chi connectivity index (χ2n) is 19.4. The molecule has 2 aliphatic rings. The molecule has 6 N–H and O–H groups in total. The average Bonchev–Trinajstić information content (AvgIpc) is 4.08. The first-order valence-electron chi connectivity index (χ1n) is 24.8. The van der Waals surface area contributed by atoms with Crippen LogP contribution >= 0.6 is 0 Å². The molecule has 5 rings (SSSR count). The van der Waals surface area contributed by atoms with E-state index in [-0.39, 0.29) is 24.6 Å². The van der Waals surface area contributed by atoms with Gasteiger partial charge in [-0.25, -0.2) is 14.6 Å². The molecule has 0 bridgehead atoms. The Morgan fingerprint density at radius 2 is 1.53 bits per heavy atom. The number of amides is 7. The van der Waals surface area contributed by atoms with Gasteiger partial charge >= 0.3 is 11.9 Å². The highest BCUT2D eigenvalue weighted by Crippen LogP contribution is 2.32. The highest BCUT2D eigenvalue weighted by Gasteiger charge is 2.45. The standard InChI is InChI=1S/C53H70N8O13/c1-10-30(4)43-48(66)55-35(26-39(54)62)50(67)61-25-17-22-38(61)47(65)58-41(45(72-9)34-20-15-12-16-21-34)53(71)74-44(37-28-73-49(57-37)31(5)23-24-33-18-13-11-14-19-33)32(6)46(64)56-36(52(69)70)27-40(63)59(7)42(29(2)3)51(68)60(43)8/h11-16,18-21,23-24,28-32,35-36,38,41-45H,10,17,22,25-27H2,1-9H3,(H2,54,62)(H,55,66)(H,56,64)(H,58,65)(H,69,70). The summed E-state index contributed by atoms with van der Waals surface area (Å²) in [6.07, 6.45) is 1.24. The van der Waals surface area contributed by atoms with E-state index in [1.54, 1.807) is 65.0 Å². The van der Waals surface area contributed by atoms with Crippen molar-refractivity contribution in [2.45, 2.75) is 128 Å².